The number of carbonyl (C=O) groups is 1. The van der Waals surface area contributed by atoms with E-state index in [4.69, 9.17) is 14.2 Å². The summed E-state index contributed by atoms with van der Waals surface area (Å²) in [7, 11) is 0. The average molecular weight is 441 g/mol. The van der Waals surface area contributed by atoms with Crippen molar-refractivity contribution >= 4 is 5.97 Å². The summed E-state index contributed by atoms with van der Waals surface area (Å²) in [5.41, 5.74) is 2.70. The molecule has 1 heterocycles. The van der Waals surface area contributed by atoms with Crippen LogP contribution in [0.5, 0.6) is 0 Å². The molecule has 1 saturated heterocycles. The highest BCUT2D eigenvalue weighted by molar-refractivity contribution is 5.71. The maximum Gasteiger partial charge on any atom is 0.308 e. The van der Waals surface area contributed by atoms with Gasteiger partial charge in [0, 0.05) is 12.0 Å². The van der Waals surface area contributed by atoms with Gasteiger partial charge in [0.05, 0.1) is 31.3 Å². The zero-order chi connectivity index (χ0) is 22.3. The van der Waals surface area contributed by atoms with Gasteiger partial charge in [0.15, 0.2) is 0 Å². The van der Waals surface area contributed by atoms with Gasteiger partial charge in [-0.1, -0.05) is 38.1 Å². The van der Waals surface area contributed by atoms with Crippen molar-refractivity contribution < 1.29 is 19.0 Å². The maximum atomic E-state index is 12.8. The molecular formula is C28H40O4. The summed E-state index contributed by atoms with van der Waals surface area (Å²) in [5, 5.41) is 0. The molecule has 4 nitrogen and oxygen atoms in total. The molecule has 0 amide bonds. The van der Waals surface area contributed by atoms with E-state index in [-0.39, 0.29) is 17.5 Å². The minimum absolute atomic E-state index is 0.00107. The number of rotatable bonds is 5. The van der Waals surface area contributed by atoms with E-state index in [1.54, 1.807) is 11.1 Å². The van der Waals surface area contributed by atoms with Crippen LogP contribution in [0.3, 0.4) is 0 Å². The Morgan fingerprint density at radius 3 is 2.81 bits per heavy atom. The van der Waals surface area contributed by atoms with Gasteiger partial charge in [-0.25, -0.2) is 0 Å². The Labute approximate surface area is 193 Å². The summed E-state index contributed by atoms with van der Waals surface area (Å²) in [6, 6.07) is 9.12. The number of esters is 1. The van der Waals surface area contributed by atoms with E-state index in [9.17, 15) is 4.79 Å². The number of hydrogen-bond acceptors (Lipinski definition) is 4. The smallest absolute Gasteiger partial charge is 0.308 e. The third kappa shape index (κ3) is 3.62. The molecule has 0 spiro atoms. The second-order valence-corrected chi connectivity index (χ2v) is 11.1. The van der Waals surface area contributed by atoms with E-state index in [2.05, 4.69) is 38.1 Å². The molecule has 176 valence electrons. The Morgan fingerprint density at radius 1 is 1.19 bits per heavy atom. The Bertz CT molecular complexity index is 830. The molecule has 3 fully saturated rings. The zero-order valence-corrected chi connectivity index (χ0v) is 20.1. The molecule has 0 aromatic heterocycles. The lowest BCUT2D eigenvalue weighted by molar-refractivity contribution is -0.206. The van der Waals surface area contributed by atoms with Crippen LogP contribution in [-0.2, 0) is 25.4 Å². The molecule has 32 heavy (non-hydrogen) atoms. The summed E-state index contributed by atoms with van der Waals surface area (Å²) >= 11 is 0. The number of fused-ring (bicyclic) bond motifs is 5. The van der Waals surface area contributed by atoms with Crippen LogP contribution in [-0.4, -0.2) is 37.5 Å². The predicted octanol–water partition coefficient (Wildman–Crippen LogP) is 5.68. The first kappa shape index (κ1) is 22.4. The molecule has 3 aliphatic carbocycles. The van der Waals surface area contributed by atoms with Crippen molar-refractivity contribution in [3.63, 3.8) is 0 Å². The highest BCUT2D eigenvalue weighted by Gasteiger charge is 2.64. The Kier molecular flexibility index (Phi) is 6.13. The summed E-state index contributed by atoms with van der Waals surface area (Å²) in [6.45, 7) is 8.70. The molecule has 0 radical (unpaired) electrons. The lowest BCUT2D eigenvalue weighted by Gasteiger charge is -2.56. The first-order valence-corrected chi connectivity index (χ1v) is 13.0. The molecule has 0 N–H and O–H groups in total. The highest BCUT2D eigenvalue weighted by Crippen LogP contribution is 2.67. The van der Waals surface area contributed by atoms with Gasteiger partial charge in [0.2, 0.25) is 0 Å². The average Bonchev–Trinajstić information content (AvgIpc) is 3.06. The minimum Gasteiger partial charge on any atom is -0.466 e. The van der Waals surface area contributed by atoms with Crippen LogP contribution in [0.2, 0.25) is 0 Å². The summed E-state index contributed by atoms with van der Waals surface area (Å²) < 4.78 is 18.2. The Balaban J connectivity index is 1.47. The van der Waals surface area contributed by atoms with E-state index < -0.39 is 5.60 Å². The van der Waals surface area contributed by atoms with Crippen molar-refractivity contribution in [2.24, 2.45) is 23.2 Å². The molecule has 4 heteroatoms. The molecule has 7 atom stereocenters. The molecule has 1 aromatic rings. The second kappa shape index (κ2) is 8.76. The largest absolute Gasteiger partial charge is 0.466 e. The molecule has 1 aromatic carbocycles. The highest BCUT2D eigenvalue weighted by atomic mass is 16.6. The van der Waals surface area contributed by atoms with Crippen LogP contribution in [0.4, 0.5) is 0 Å². The zero-order valence-electron chi connectivity index (χ0n) is 20.1. The fourth-order valence-electron chi connectivity index (χ4n) is 8.10. The topological polar surface area (TPSA) is 44.8 Å². The van der Waals surface area contributed by atoms with Crippen LogP contribution in [0.25, 0.3) is 0 Å². The number of carbonyl (C=O) groups excluding carboxylic acids is 1. The molecule has 1 aliphatic heterocycles. The van der Waals surface area contributed by atoms with Gasteiger partial charge in [0.25, 0.3) is 0 Å². The monoisotopic (exact) mass is 440 g/mol. The lowest BCUT2D eigenvalue weighted by atomic mass is 9.50. The van der Waals surface area contributed by atoms with Crippen molar-refractivity contribution in [2.75, 3.05) is 19.8 Å². The fraction of sp³-hybridized carbons (Fsp3) is 0.750. The van der Waals surface area contributed by atoms with Crippen LogP contribution < -0.4 is 0 Å². The van der Waals surface area contributed by atoms with Gasteiger partial charge in [-0.05, 0) is 86.7 Å². The van der Waals surface area contributed by atoms with E-state index in [0.717, 1.165) is 38.7 Å². The van der Waals surface area contributed by atoms with E-state index >= 15 is 0 Å². The molecule has 5 rings (SSSR count). The lowest BCUT2D eigenvalue weighted by Crippen LogP contribution is -2.56. The predicted molar refractivity (Wildman–Crippen MR) is 125 cm³/mol. The molecule has 4 aliphatic rings. The summed E-state index contributed by atoms with van der Waals surface area (Å²) in [4.78, 5) is 12.8. The van der Waals surface area contributed by atoms with Crippen molar-refractivity contribution in [3.05, 3.63) is 35.4 Å². The van der Waals surface area contributed by atoms with Crippen molar-refractivity contribution in [1.29, 1.82) is 0 Å². The van der Waals surface area contributed by atoms with Gasteiger partial charge in [0.1, 0.15) is 0 Å². The van der Waals surface area contributed by atoms with E-state index in [0.29, 0.717) is 43.3 Å². The third-order valence-electron chi connectivity index (χ3n) is 9.52. The standard InChI is InChI=1S/C28H40O4/c1-4-31-25(29)17-28(32-21-9-7-15-30-18-21)14-12-24-26-19(2)16-20-8-5-6-10-22(20)23(26)11-13-27(24,28)3/h5-6,8,10,19,21,23-24,26H,4,7,9,11-18H2,1-3H3/t19-,21?,23-,24+,26-,27+,28+/m1/s1. The second-order valence-electron chi connectivity index (χ2n) is 11.1. The Hall–Kier alpha value is -1.39. The molecule has 0 bridgehead atoms. The van der Waals surface area contributed by atoms with Crippen LogP contribution >= 0.6 is 0 Å². The van der Waals surface area contributed by atoms with Crippen molar-refractivity contribution in [3.8, 4) is 0 Å². The number of ether oxygens (including phenoxy) is 3. The van der Waals surface area contributed by atoms with Crippen LogP contribution in [0, 0.1) is 23.2 Å². The molecular weight excluding hydrogens is 400 g/mol. The fourth-order valence-corrected chi connectivity index (χ4v) is 8.10. The van der Waals surface area contributed by atoms with E-state index in [1.807, 2.05) is 6.92 Å². The third-order valence-corrected chi connectivity index (χ3v) is 9.52. The van der Waals surface area contributed by atoms with Crippen LogP contribution in [0.15, 0.2) is 24.3 Å². The SMILES string of the molecule is CCOC(=O)C[C@@]1(OC2CCCOC2)CC[C@H]2[C@@H]3[C@H](C)Cc4ccccc4[C@H]3CC[C@@]21C. The number of benzene rings is 1. The van der Waals surface area contributed by atoms with Gasteiger partial charge in [-0.15, -0.1) is 0 Å². The van der Waals surface area contributed by atoms with Gasteiger partial charge < -0.3 is 14.2 Å². The molecule has 2 saturated carbocycles. The molecule has 1 unspecified atom stereocenters. The van der Waals surface area contributed by atoms with Crippen molar-refractivity contribution in [1.82, 2.24) is 0 Å². The normalized spacial score (nSPS) is 40.8. The minimum atomic E-state index is -0.434. The van der Waals surface area contributed by atoms with Gasteiger partial charge in [-0.3, -0.25) is 4.79 Å². The first-order valence-electron chi connectivity index (χ1n) is 13.0. The quantitative estimate of drug-likeness (QED) is 0.553. The van der Waals surface area contributed by atoms with Gasteiger partial charge in [-0.2, -0.15) is 0 Å². The van der Waals surface area contributed by atoms with Gasteiger partial charge >= 0.3 is 5.97 Å². The van der Waals surface area contributed by atoms with Crippen LogP contribution in [0.1, 0.15) is 82.8 Å². The van der Waals surface area contributed by atoms with E-state index in [1.165, 1.54) is 12.8 Å². The number of hydrogen-bond donors (Lipinski definition) is 0. The Morgan fingerprint density at radius 2 is 2.03 bits per heavy atom. The first-order chi connectivity index (χ1) is 15.5. The summed E-state index contributed by atoms with van der Waals surface area (Å²) in [5.74, 6) is 2.46. The maximum absolute atomic E-state index is 12.8. The van der Waals surface area contributed by atoms with Crippen molar-refractivity contribution in [2.45, 2.75) is 89.8 Å². The summed E-state index contributed by atoms with van der Waals surface area (Å²) in [6.07, 6.45) is 8.13.